The normalized spacial score (nSPS) is 17.1. The lowest BCUT2D eigenvalue weighted by molar-refractivity contribution is 0.122. The van der Waals surface area contributed by atoms with Crippen LogP contribution in [0.3, 0.4) is 0 Å². The molecule has 14 heavy (non-hydrogen) atoms. The molecule has 1 N–H and O–H groups in total. The fourth-order valence-electron chi connectivity index (χ4n) is 1.42. The molecule has 0 spiro atoms. The van der Waals surface area contributed by atoms with Crippen molar-refractivity contribution in [1.82, 2.24) is 9.97 Å². The molecule has 1 aliphatic heterocycles. The van der Waals surface area contributed by atoms with Gasteiger partial charge in [-0.3, -0.25) is 4.98 Å². The molecule has 1 aromatic heterocycles. The fraction of sp³-hybridized carbons (Fsp3) is 0.556. The lowest BCUT2D eigenvalue weighted by Crippen LogP contribution is -2.36. The summed E-state index contributed by atoms with van der Waals surface area (Å²) in [6, 6.07) is 0. The molecule has 5 nitrogen and oxygen atoms in total. The fourth-order valence-corrected chi connectivity index (χ4v) is 1.42. The summed E-state index contributed by atoms with van der Waals surface area (Å²) >= 11 is 0. The second kappa shape index (κ2) is 4.34. The zero-order chi connectivity index (χ0) is 9.80. The Kier molecular flexibility index (Phi) is 2.90. The molecule has 76 valence electrons. The molecule has 0 unspecified atom stereocenters. The smallest absolute Gasteiger partial charge is 0.147 e. The molecule has 0 bridgehead atoms. The Hall–Kier alpha value is -1.20. The summed E-state index contributed by atoms with van der Waals surface area (Å²) < 4.78 is 5.24. The number of rotatable bonds is 2. The number of aliphatic hydroxyl groups excluding tert-OH is 1. The van der Waals surface area contributed by atoms with Crippen molar-refractivity contribution in [3.63, 3.8) is 0 Å². The number of ether oxygens (including phenoxy) is 1. The maximum absolute atomic E-state index is 8.91. The van der Waals surface area contributed by atoms with Gasteiger partial charge >= 0.3 is 0 Å². The number of hydrogen-bond donors (Lipinski definition) is 1. The Labute approximate surface area is 82.4 Å². The molecule has 0 saturated carbocycles. The SMILES string of the molecule is OCc1cncc(N2CCOCC2)n1. The van der Waals surface area contributed by atoms with E-state index in [0.29, 0.717) is 5.69 Å². The van der Waals surface area contributed by atoms with Gasteiger partial charge in [0.05, 0.1) is 37.9 Å². The van der Waals surface area contributed by atoms with Crippen LogP contribution in [0.15, 0.2) is 12.4 Å². The van der Waals surface area contributed by atoms with Crippen LogP contribution < -0.4 is 4.90 Å². The Balaban J connectivity index is 2.13. The van der Waals surface area contributed by atoms with Crippen LogP contribution in [0.1, 0.15) is 5.69 Å². The van der Waals surface area contributed by atoms with Gasteiger partial charge in [0.15, 0.2) is 0 Å². The molecule has 1 aliphatic rings. The van der Waals surface area contributed by atoms with E-state index in [1.807, 2.05) is 0 Å². The molecule has 2 rings (SSSR count). The van der Waals surface area contributed by atoms with Crippen LogP contribution in [0.5, 0.6) is 0 Å². The van der Waals surface area contributed by atoms with Crippen molar-refractivity contribution in [2.24, 2.45) is 0 Å². The molecular weight excluding hydrogens is 182 g/mol. The maximum Gasteiger partial charge on any atom is 0.147 e. The maximum atomic E-state index is 8.91. The summed E-state index contributed by atoms with van der Waals surface area (Å²) in [7, 11) is 0. The standard InChI is InChI=1S/C9H13N3O2/c13-7-8-5-10-6-9(11-8)12-1-3-14-4-2-12/h5-6,13H,1-4,7H2. The van der Waals surface area contributed by atoms with Crippen LogP contribution in [0.25, 0.3) is 0 Å². The van der Waals surface area contributed by atoms with Crippen molar-refractivity contribution < 1.29 is 9.84 Å². The zero-order valence-corrected chi connectivity index (χ0v) is 7.89. The minimum atomic E-state index is -0.0643. The quantitative estimate of drug-likeness (QED) is 0.708. The molecule has 2 heterocycles. The molecule has 5 heteroatoms. The van der Waals surface area contributed by atoms with Gasteiger partial charge in [0.1, 0.15) is 5.82 Å². The van der Waals surface area contributed by atoms with Crippen molar-refractivity contribution in [2.45, 2.75) is 6.61 Å². The van der Waals surface area contributed by atoms with E-state index in [4.69, 9.17) is 9.84 Å². The number of hydrogen-bond acceptors (Lipinski definition) is 5. The van der Waals surface area contributed by atoms with Crippen LogP contribution in [0.2, 0.25) is 0 Å². The number of aromatic nitrogens is 2. The van der Waals surface area contributed by atoms with Gasteiger partial charge in [-0.2, -0.15) is 0 Å². The minimum Gasteiger partial charge on any atom is -0.390 e. The zero-order valence-electron chi connectivity index (χ0n) is 7.89. The highest BCUT2D eigenvalue weighted by Gasteiger charge is 2.12. The number of anilines is 1. The number of morpholine rings is 1. The first-order chi connectivity index (χ1) is 6.90. The molecule has 0 aromatic carbocycles. The Morgan fingerprint density at radius 3 is 2.86 bits per heavy atom. The summed E-state index contributed by atoms with van der Waals surface area (Å²) in [6.07, 6.45) is 3.29. The molecule has 1 fully saturated rings. The Morgan fingerprint density at radius 1 is 1.36 bits per heavy atom. The van der Waals surface area contributed by atoms with Crippen molar-refractivity contribution >= 4 is 5.82 Å². The first-order valence-corrected chi connectivity index (χ1v) is 4.64. The molecule has 0 aliphatic carbocycles. The highest BCUT2D eigenvalue weighted by atomic mass is 16.5. The van der Waals surface area contributed by atoms with Crippen molar-refractivity contribution in [2.75, 3.05) is 31.2 Å². The second-order valence-corrected chi connectivity index (χ2v) is 3.13. The molecule has 1 aromatic rings. The average molecular weight is 195 g/mol. The lowest BCUT2D eigenvalue weighted by Gasteiger charge is -2.27. The predicted octanol–water partition coefficient (Wildman–Crippen LogP) is -0.195. The molecule has 1 saturated heterocycles. The molecule has 0 radical (unpaired) electrons. The topological polar surface area (TPSA) is 58.5 Å². The Morgan fingerprint density at radius 2 is 2.14 bits per heavy atom. The van der Waals surface area contributed by atoms with E-state index in [1.165, 1.54) is 0 Å². The van der Waals surface area contributed by atoms with Crippen molar-refractivity contribution in [3.05, 3.63) is 18.1 Å². The third-order valence-corrected chi connectivity index (χ3v) is 2.17. The summed E-state index contributed by atoms with van der Waals surface area (Å²) in [4.78, 5) is 10.4. The van der Waals surface area contributed by atoms with Crippen molar-refractivity contribution in [1.29, 1.82) is 0 Å². The first kappa shape index (κ1) is 9.36. The third kappa shape index (κ3) is 2.00. The van der Waals surface area contributed by atoms with Gasteiger partial charge in [0.2, 0.25) is 0 Å². The van der Waals surface area contributed by atoms with Crippen LogP contribution in [0.4, 0.5) is 5.82 Å². The predicted molar refractivity (Wildman–Crippen MR) is 51.0 cm³/mol. The van der Waals surface area contributed by atoms with Crippen LogP contribution >= 0.6 is 0 Å². The molecular formula is C9H13N3O2. The molecule has 0 atom stereocenters. The summed E-state index contributed by atoms with van der Waals surface area (Å²) in [5, 5.41) is 8.91. The summed E-state index contributed by atoms with van der Waals surface area (Å²) in [5.41, 5.74) is 0.606. The third-order valence-electron chi connectivity index (χ3n) is 2.17. The summed E-state index contributed by atoms with van der Waals surface area (Å²) in [5.74, 6) is 0.819. The van der Waals surface area contributed by atoms with Gasteiger partial charge in [0.25, 0.3) is 0 Å². The highest BCUT2D eigenvalue weighted by Crippen LogP contribution is 2.11. The van der Waals surface area contributed by atoms with Gasteiger partial charge in [-0.1, -0.05) is 0 Å². The van der Waals surface area contributed by atoms with Gasteiger partial charge < -0.3 is 14.7 Å². The van der Waals surface area contributed by atoms with Crippen molar-refractivity contribution in [3.8, 4) is 0 Å². The van der Waals surface area contributed by atoms with Gasteiger partial charge in [-0.25, -0.2) is 4.98 Å². The van der Waals surface area contributed by atoms with E-state index >= 15 is 0 Å². The summed E-state index contributed by atoms with van der Waals surface area (Å²) in [6.45, 7) is 3.06. The van der Waals surface area contributed by atoms with E-state index in [2.05, 4.69) is 14.9 Å². The van der Waals surface area contributed by atoms with E-state index in [0.717, 1.165) is 32.1 Å². The minimum absolute atomic E-state index is 0.0643. The van der Waals surface area contributed by atoms with E-state index in [9.17, 15) is 0 Å². The number of aliphatic hydroxyl groups is 1. The van der Waals surface area contributed by atoms with Gasteiger partial charge in [-0.15, -0.1) is 0 Å². The van der Waals surface area contributed by atoms with Crippen LogP contribution in [0, 0.1) is 0 Å². The second-order valence-electron chi connectivity index (χ2n) is 3.13. The molecule has 0 amide bonds. The monoisotopic (exact) mass is 195 g/mol. The largest absolute Gasteiger partial charge is 0.390 e. The first-order valence-electron chi connectivity index (χ1n) is 4.64. The lowest BCUT2D eigenvalue weighted by atomic mass is 10.4. The Bertz CT molecular complexity index is 300. The van der Waals surface area contributed by atoms with Gasteiger partial charge in [0, 0.05) is 13.1 Å². The number of nitrogens with zero attached hydrogens (tertiary/aromatic N) is 3. The van der Waals surface area contributed by atoms with Crippen LogP contribution in [-0.4, -0.2) is 41.4 Å². The van der Waals surface area contributed by atoms with E-state index < -0.39 is 0 Å². The van der Waals surface area contributed by atoms with E-state index in [1.54, 1.807) is 12.4 Å². The highest BCUT2D eigenvalue weighted by molar-refractivity contribution is 5.36. The van der Waals surface area contributed by atoms with Gasteiger partial charge in [-0.05, 0) is 0 Å². The van der Waals surface area contributed by atoms with Crippen LogP contribution in [-0.2, 0) is 11.3 Å². The van der Waals surface area contributed by atoms with E-state index in [-0.39, 0.29) is 6.61 Å². The average Bonchev–Trinajstić information content (AvgIpc) is 2.30.